The molecule has 3 rings (SSSR count). The van der Waals surface area contributed by atoms with E-state index >= 15 is 0 Å². The number of hydrogen-bond donors (Lipinski definition) is 0. The second-order valence-electron chi connectivity index (χ2n) is 6.20. The van der Waals surface area contributed by atoms with E-state index < -0.39 is 5.97 Å². The van der Waals surface area contributed by atoms with Crippen LogP contribution in [0.15, 0.2) is 47.8 Å². The first-order valence-electron chi connectivity index (χ1n) is 8.52. The van der Waals surface area contributed by atoms with E-state index in [4.69, 9.17) is 4.74 Å². The molecular formula is C20H21N3O3S. The van der Waals surface area contributed by atoms with Gasteiger partial charge in [-0.15, -0.1) is 11.3 Å². The molecule has 0 aliphatic rings. The predicted octanol–water partition coefficient (Wildman–Crippen LogP) is 3.37. The van der Waals surface area contributed by atoms with Crippen molar-refractivity contribution in [1.29, 1.82) is 0 Å². The van der Waals surface area contributed by atoms with E-state index in [9.17, 15) is 9.59 Å². The second kappa shape index (κ2) is 8.18. The van der Waals surface area contributed by atoms with Crippen LogP contribution in [-0.2, 0) is 16.1 Å². The molecule has 2 heterocycles. The summed E-state index contributed by atoms with van der Waals surface area (Å²) in [5.74, 6) is -0.785. The van der Waals surface area contributed by atoms with Crippen LogP contribution in [0, 0.1) is 13.8 Å². The van der Waals surface area contributed by atoms with Crippen molar-refractivity contribution < 1.29 is 14.3 Å². The number of para-hydroxylation sites is 1. The molecule has 6 nitrogen and oxygen atoms in total. The molecule has 27 heavy (non-hydrogen) atoms. The lowest BCUT2D eigenvalue weighted by Gasteiger charge is -2.16. The molecule has 0 spiro atoms. The molecule has 0 radical (unpaired) electrons. The Hall–Kier alpha value is -2.93. The zero-order valence-electron chi connectivity index (χ0n) is 15.5. The monoisotopic (exact) mass is 383 g/mol. The molecule has 1 amide bonds. The smallest absolute Gasteiger partial charge is 0.342 e. The minimum atomic E-state index is -0.537. The molecule has 0 saturated carbocycles. The number of ether oxygens (including phenoxy) is 1. The van der Waals surface area contributed by atoms with Gasteiger partial charge in [0, 0.05) is 11.9 Å². The number of rotatable bonds is 6. The fourth-order valence-corrected chi connectivity index (χ4v) is 3.55. The van der Waals surface area contributed by atoms with Crippen LogP contribution < -0.4 is 0 Å². The van der Waals surface area contributed by atoms with Crippen molar-refractivity contribution >= 4 is 23.2 Å². The topological polar surface area (TPSA) is 64.4 Å². The predicted molar refractivity (Wildman–Crippen MR) is 104 cm³/mol. The summed E-state index contributed by atoms with van der Waals surface area (Å²) in [5.41, 5.74) is 2.51. The largest absolute Gasteiger partial charge is 0.452 e. The summed E-state index contributed by atoms with van der Waals surface area (Å²) in [6.07, 6.45) is 0. The van der Waals surface area contributed by atoms with E-state index in [2.05, 4.69) is 5.10 Å². The third-order valence-corrected chi connectivity index (χ3v) is 5.08. The highest BCUT2D eigenvalue weighted by Gasteiger charge is 2.22. The van der Waals surface area contributed by atoms with Gasteiger partial charge in [0.1, 0.15) is 5.56 Å². The Labute approximate surface area is 162 Å². The Morgan fingerprint density at radius 3 is 2.56 bits per heavy atom. The van der Waals surface area contributed by atoms with Gasteiger partial charge in [0.15, 0.2) is 6.61 Å². The number of thiophene rings is 1. The van der Waals surface area contributed by atoms with E-state index in [0.29, 0.717) is 23.5 Å². The SMILES string of the molecule is Cc1nn(-c2ccccc2)c(C)c1C(=O)OCC(=O)N(C)Cc1cccs1. The summed E-state index contributed by atoms with van der Waals surface area (Å²) in [4.78, 5) is 27.4. The van der Waals surface area contributed by atoms with Crippen molar-refractivity contribution in [3.05, 3.63) is 69.7 Å². The zero-order valence-corrected chi connectivity index (χ0v) is 16.3. The van der Waals surface area contributed by atoms with E-state index in [-0.39, 0.29) is 12.5 Å². The number of nitrogens with zero attached hydrogens (tertiary/aromatic N) is 3. The number of aryl methyl sites for hydroxylation is 1. The van der Waals surface area contributed by atoms with Gasteiger partial charge >= 0.3 is 5.97 Å². The van der Waals surface area contributed by atoms with Crippen molar-refractivity contribution in [3.8, 4) is 5.69 Å². The Morgan fingerprint density at radius 1 is 1.15 bits per heavy atom. The van der Waals surface area contributed by atoms with Gasteiger partial charge in [-0.25, -0.2) is 9.48 Å². The number of aromatic nitrogens is 2. The molecule has 0 N–H and O–H groups in total. The molecule has 2 aromatic heterocycles. The minimum absolute atomic E-state index is 0.248. The molecule has 0 unspecified atom stereocenters. The summed E-state index contributed by atoms with van der Waals surface area (Å²) < 4.78 is 6.97. The molecule has 140 valence electrons. The van der Waals surface area contributed by atoms with E-state index in [1.165, 1.54) is 0 Å². The van der Waals surface area contributed by atoms with Gasteiger partial charge in [-0.05, 0) is 37.4 Å². The number of carbonyl (C=O) groups excluding carboxylic acids is 2. The average molecular weight is 383 g/mol. The van der Waals surface area contributed by atoms with Crippen LogP contribution in [0.2, 0.25) is 0 Å². The van der Waals surface area contributed by atoms with Gasteiger partial charge in [0.2, 0.25) is 0 Å². The summed E-state index contributed by atoms with van der Waals surface area (Å²) in [6.45, 7) is 3.77. The molecule has 3 aromatic rings. The van der Waals surface area contributed by atoms with Gasteiger partial charge in [-0.3, -0.25) is 4.79 Å². The fraction of sp³-hybridized carbons (Fsp3) is 0.250. The second-order valence-corrected chi connectivity index (χ2v) is 7.23. The lowest BCUT2D eigenvalue weighted by atomic mass is 10.2. The summed E-state index contributed by atoms with van der Waals surface area (Å²) in [6, 6.07) is 13.5. The molecule has 7 heteroatoms. The Balaban J connectivity index is 1.66. The first kappa shape index (κ1) is 18.8. The van der Waals surface area contributed by atoms with E-state index in [1.807, 2.05) is 54.8 Å². The van der Waals surface area contributed by atoms with E-state index in [1.54, 1.807) is 34.9 Å². The van der Waals surface area contributed by atoms with Crippen LogP contribution in [-0.4, -0.2) is 40.2 Å². The van der Waals surface area contributed by atoms with Crippen molar-refractivity contribution in [2.24, 2.45) is 0 Å². The van der Waals surface area contributed by atoms with Crippen molar-refractivity contribution in [3.63, 3.8) is 0 Å². The van der Waals surface area contributed by atoms with Crippen LogP contribution in [0.25, 0.3) is 5.69 Å². The Bertz CT molecular complexity index is 933. The third kappa shape index (κ3) is 4.25. The molecule has 0 fully saturated rings. The maximum atomic E-state index is 12.5. The Morgan fingerprint density at radius 2 is 1.89 bits per heavy atom. The summed E-state index contributed by atoms with van der Waals surface area (Å²) >= 11 is 1.58. The first-order valence-corrected chi connectivity index (χ1v) is 9.40. The highest BCUT2D eigenvalue weighted by Crippen LogP contribution is 2.19. The molecule has 0 aliphatic heterocycles. The summed E-state index contributed by atoms with van der Waals surface area (Å²) in [5, 5.41) is 6.40. The number of carbonyl (C=O) groups is 2. The third-order valence-electron chi connectivity index (χ3n) is 4.22. The van der Waals surface area contributed by atoms with Gasteiger partial charge < -0.3 is 9.64 Å². The molecule has 0 bridgehead atoms. The van der Waals surface area contributed by atoms with E-state index in [0.717, 1.165) is 10.6 Å². The fourth-order valence-electron chi connectivity index (χ4n) is 2.79. The highest BCUT2D eigenvalue weighted by atomic mass is 32.1. The lowest BCUT2D eigenvalue weighted by molar-refractivity contribution is -0.133. The molecule has 0 atom stereocenters. The zero-order chi connectivity index (χ0) is 19.4. The van der Waals surface area contributed by atoms with Crippen LogP contribution in [0.4, 0.5) is 0 Å². The summed E-state index contributed by atoms with van der Waals surface area (Å²) in [7, 11) is 1.69. The minimum Gasteiger partial charge on any atom is -0.452 e. The van der Waals surface area contributed by atoms with Crippen LogP contribution in [0.1, 0.15) is 26.6 Å². The van der Waals surface area contributed by atoms with Crippen LogP contribution >= 0.6 is 11.3 Å². The van der Waals surface area contributed by atoms with Crippen LogP contribution in [0.3, 0.4) is 0 Å². The maximum Gasteiger partial charge on any atom is 0.342 e. The highest BCUT2D eigenvalue weighted by molar-refractivity contribution is 7.09. The molecular weight excluding hydrogens is 362 g/mol. The standard InChI is InChI=1S/C20H21N3O3S/c1-14-19(15(2)23(21-14)16-8-5-4-6-9-16)20(25)26-13-18(24)22(3)12-17-10-7-11-27-17/h4-11H,12-13H2,1-3H3. The number of amides is 1. The average Bonchev–Trinajstić information content (AvgIpc) is 3.27. The number of esters is 1. The van der Waals surface area contributed by atoms with Crippen molar-refractivity contribution in [1.82, 2.24) is 14.7 Å². The quantitative estimate of drug-likeness (QED) is 0.612. The first-order chi connectivity index (χ1) is 13.0. The van der Waals surface area contributed by atoms with Crippen LogP contribution in [0.5, 0.6) is 0 Å². The normalized spacial score (nSPS) is 10.6. The number of likely N-dealkylation sites (N-methyl/N-ethyl adjacent to an activating group) is 1. The molecule has 1 aromatic carbocycles. The van der Waals surface area contributed by atoms with Crippen molar-refractivity contribution in [2.45, 2.75) is 20.4 Å². The Kier molecular flexibility index (Phi) is 5.71. The van der Waals surface area contributed by atoms with Gasteiger partial charge in [-0.1, -0.05) is 24.3 Å². The number of hydrogen-bond acceptors (Lipinski definition) is 5. The molecule has 0 saturated heterocycles. The lowest BCUT2D eigenvalue weighted by Crippen LogP contribution is -2.30. The van der Waals surface area contributed by atoms with Crippen molar-refractivity contribution in [2.75, 3.05) is 13.7 Å². The maximum absolute atomic E-state index is 12.5. The number of benzene rings is 1. The van der Waals surface area contributed by atoms with Gasteiger partial charge in [0.25, 0.3) is 5.91 Å². The van der Waals surface area contributed by atoms with Gasteiger partial charge in [-0.2, -0.15) is 5.10 Å². The van der Waals surface area contributed by atoms with Gasteiger partial charge in [0.05, 0.1) is 23.6 Å². The molecule has 0 aliphatic carbocycles.